The summed E-state index contributed by atoms with van der Waals surface area (Å²) in [4.78, 5) is 17.9. The molecule has 0 saturated carbocycles. The summed E-state index contributed by atoms with van der Waals surface area (Å²) in [5, 5.41) is 9.57. The average molecular weight is 347 g/mol. The number of hydrogen-bond acceptors (Lipinski definition) is 6. The molecule has 26 heavy (non-hydrogen) atoms. The van der Waals surface area contributed by atoms with E-state index in [0.29, 0.717) is 0 Å². The van der Waals surface area contributed by atoms with Crippen LogP contribution in [0.1, 0.15) is 5.56 Å². The Hall–Kier alpha value is -2.99. The van der Waals surface area contributed by atoms with E-state index in [-0.39, 0.29) is 6.61 Å². The molecule has 3 heterocycles. The van der Waals surface area contributed by atoms with Crippen LogP contribution in [0.15, 0.2) is 61.2 Å². The third-order valence-corrected chi connectivity index (χ3v) is 4.72. The quantitative estimate of drug-likeness (QED) is 0.782. The van der Waals surface area contributed by atoms with E-state index in [1.807, 2.05) is 55.0 Å². The molecule has 1 aromatic carbocycles. The molecule has 1 saturated heterocycles. The normalized spacial score (nSPS) is 14.5. The molecular weight excluding hydrogens is 326 g/mol. The van der Waals surface area contributed by atoms with Gasteiger partial charge in [-0.1, -0.05) is 24.3 Å². The molecular formula is C20H21N5O. The fourth-order valence-corrected chi connectivity index (χ4v) is 3.29. The Morgan fingerprint density at radius 3 is 2.35 bits per heavy atom. The van der Waals surface area contributed by atoms with Crippen LogP contribution in [0.2, 0.25) is 0 Å². The SMILES string of the molecule is OCc1ccccc1-c1cncc(N2CCN(c3ccncc3)CC2)n1. The zero-order chi connectivity index (χ0) is 17.8. The highest BCUT2D eigenvalue weighted by Crippen LogP contribution is 2.24. The second kappa shape index (κ2) is 7.49. The van der Waals surface area contributed by atoms with Crippen LogP contribution >= 0.6 is 0 Å². The topological polar surface area (TPSA) is 65.4 Å². The number of aromatic nitrogens is 3. The van der Waals surface area contributed by atoms with Crippen molar-refractivity contribution in [3.05, 3.63) is 66.7 Å². The molecule has 0 radical (unpaired) electrons. The fraction of sp³-hybridized carbons (Fsp3) is 0.250. The highest BCUT2D eigenvalue weighted by Gasteiger charge is 2.19. The third kappa shape index (κ3) is 3.36. The van der Waals surface area contributed by atoms with Crippen molar-refractivity contribution in [2.45, 2.75) is 6.61 Å². The number of pyridine rings is 1. The summed E-state index contributed by atoms with van der Waals surface area (Å²) in [5.74, 6) is 0.879. The second-order valence-corrected chi connectivity index (χ2v) is 6.26. The van der Waals surface area contributed by atoms with Gasteiger partial charge in [-0.05, 0) is 17.7 Å². The van der Waals surface area contributed by atoms with Gasteiger partial charge in [0.25, 0.3) is 0 Å². The van der Waals surface area contributed by atoms with Crippen LogP contribution in [0.5, 0.6) is 0 Å². The fourth-order valence-electron chi connectivity index (χ4n) is 3.29. The van der Waals surface area contributed by atoms with Crippen LogP contribution in [0.4, 0.5) is 11.5 Å². The van der Waals surface area contributed by atoms with E-state index < -0.39 is 0 Å². The van der Waals surface area contributed by atoms with Crippen molar-refractivity contribution in [2.24, 2.45) is 0 Å². The number of rotatable bonds is 4. The minimum Gasteiger partial charge on any atom is -0.392 e. The Morgan fingerprint density at radius 2 is 1.58 bits per heavy atom. The Balaban J connectivity index is 1.51. The molecule has 1 fully saturated rings. The minimum absolute atomic E-state index is 0.00725. The van der Waals surface area contributed by atoms with Crippen LogP contribution in [0.25, 0.3) is 11.3 Å². The summed E-state index contributed by atoms with van der Waals surface area (Å²) in [6.07, 6.45) is 7.23. The average Bonchev–Trinajstić information content (AvgIpc) is 2.74. The van der Waals surface area contributed by atoms with Crippen molar-refractivity contribution in [1.82, 2.24) is 15.0 Å². The molecule has 0 amide bonds. The number of benzene rings is 1. The van der Waals surface area contributed by atoms with E-state index in [1.54, 1.807) is 6.20 Å². The Labute approximate surface area is 152 Å². The first kappa shape index (κ1) is 16.5. The third-order valence-electron chi connectivity index (χ3n) is 4.72. The molecule has 1 aliphatic rings. The molecule has 0 bridgehead atoms. The smallest absolute Gasteiger partial charge is 0.147 e. The molecule has 132 valence electrons. The summed E-state index contributed by atoms with van der Waals surface area (Å²) in [7, 11) is 0. The maximum Gasteiger partial charge on any atom is 0.147 e. The maximum atomic E-state index is 9.57. The zero-order valence-electron chi connectivity index (χ0n) is 14.5. The Morgan fingerprint density at radius 1 is 0.846 bits per heavy atom. The standard InChI is InChI=1S/C20H21N5O/c26-15-16-3-1-2-4-18(16)19-13-22-14-20(23-19)25-11-9-24(10-12-25)17-5-7-21-8-6-17/h1-8,13-14,26H,9-12,15H2. The first-order valence-electron chi connectivity index (χ1n) is 8.76. The van der Waals surface area contributed by atoms with Crippen molar-refractivity contribution < 1.29 is 5.11 Å². The molecule has 4 rings (SSSR count). The van der Waals surface area contributed by atoms with Gasteiger partial charge in [0.1, 0.15) is 5.82 Å². The van der Waals surface area contributed by atoms with Gasteiger partial charge in [0, 0.05) is 49.8 Å². The molecule has 0 aliphatic carbocycles. The number of aliphatic hydroxyl groups excluding tert-OH is 1. The molecule has 0 atom stereocenters. The van der Waals surface area contributed by atoms with Crippen molar-refractivity contribution >= 4 is 11.5 Å². The monoisotopic (exact) mass is 347 g/mol. The van der Waals surface area contributed by atoms with E-state index in [0.717, 1.165) is 48.8 Å². The highest BCUT2D eigenvalue weighted by molar-refractivity contribution is 5.64. The summed E-state index contributed by atoms with van der Waals surface area (Å²) < 4.78 is 0. The van der Waals surface area contributed by atoms with Crippen LogP contribution in [0, 0.1) is 0 Å². The number of aliphatic hydroxyl groups is 1. The molecule has 2 aromatic heterocycles. The van der Waals surface area contributed by atoms with Gasteiger partial charge in [0.15, 0.2) is 0 Å². The second-order valence-electron chi connectivity index (χ2n) is 6.26. The van der Waals surface area contributed by atoms with Gasteiger partial charge in [-0.3, -0.25) is 9.97 Å². The van der Waals surface area contributed by atoms with Crippen LogP contribution in [0.3, 0.4) is 0 Å². The summed E-state index contributed by atoms with van der Waals surface area (Å²) in [6, 6.07) is 11.8. The molecule has 0 unspecified atom stereocenters. The van der Waals surface area contributed by atoms with E-state index in [9.17, 15) is 5.11 Å². The number of hydrogen-bond donors (Lipinski definition) is 1. The molecule has 0 spiro atoms. The molecule has 6 nitrogen and oxygen atoms in total. The predicted molar refractivity (Wildman–Crippen MR) is 102 cm³/mol. The molecule has 1 aliphatic heterocycles. The van der Waals surface area contributed by atoms with Crippen molar-refractivity contribution in [3.63, 3.8) is 0 Å². The van der Waals surface area contributed by atoms with E-state index in [1.165, 1.54) is 5.69 Å². The highest BCUT2D eigenvalue weighted by atomic mass is 16.3. The predicted octanol–water partition coefficient (Wildman–Crippen LogP) is 2.36. The van der Waals surface area contributed by atoms with E-state index >= 15 is 0 Å². The lowest BCUT2D eigenvalue weighted by Gasteiger charge is -2.36. The molecule has 6 heteroatoms. The van der Waals surface area contributed by atoms with Gasteiger partial charge in [0.2, 0.25) is 0 Å². The van der Waals surface area contributed by atoms with Gasteiger partial charge in [0.05, 0.1) is 24.7 Å². The van der Waals surface area contributed by atoms with Crippen LogP contribution in [-0.4, -0.2) is 46.2 Å². The number of anilines is 2. The van der Waals surface area contributed by atoms with Gasteiger partial charge in [-0.2, -0.15) is 0 Å². The summed E-state index contributed by atoms with van der Waals surface area (Å²) in [6.45, 7) is 3.64. The summed E-state index contributed by atoms with van der Waals surface area (Å²) >= 11 is 0. The van der Waals surface area contributed by atoms with Crippen molar-refractivity contribution in [1.29, 1.82) is 0 Å². The van der Waals surface area contributed by atoms with E-state index in [4.69, 9.17) is 4.98 Å². The molecule has 3 aromatic rings. The van der Waals surface area contributed by atoms with Crippen molar-refractivity contribution in [3.8, 4) is 11.3 Å². The lowest BCUT2D eigenvalue weighted by atomic mass is 10.1. The van der Waals surface area contributed by atoms with E-state index in [2.05, 4.69) is 19.8 Å². The van der Waals surface area contributed by atoms with Gasteiger partial charge < -0.3 is 14.9 Å². The zero-order valence-corrected chi connectivity index (χ0v) is 14.5. The van der Waals surface area contributed by atoms with Gasteiger partial charge >= 0.3 is 0 Å². The van der Waals surface area contributed by atoms with Crippen LogP contribution in [-0.2, 0) is 6.61 Å². The Bertz CT molecular complexity index is 863. The number of nitrogens with zero attached hydrogens (tertiary/aromatic N) is 5. The van der Waals surface area contributed by atoms with Gasteiger partial charge in [-0.15, -0.1) is 0 Å². The lowest BCUT2D eigenvalue weighted by Crippen LogP contribution is -2.46. The van der Waals surface area contributed by atoms with Crippen LogP contribution < -0.4 is 9.80 Å². The first-order chi connectivity index (χ1) is 12.8. The summed E-state index contributed by atoms with van der Waals surface area (Å²) in [5.41, 5.74) is 3.79. The maximum absolute atomic E-state index is 9.57. The van der Waals surface area contributed by atoms with Crippen molar-refractivity contribution in [2.75, 3.05) is 36.0 Å². The molecule has 1 N–H and O–H groups in total. The lowest BCUT2D eigenvalue weighted by molar-refractivity contribution is 0.282. The first-order valence-corrected chi connectivity index (χ1v) is 8.76. The minimum atomic E-state index is -0.00725. The largest absolute Gasteiger partial charge is 0.392 e. The number of piperazine rings is 1. The van der Waals surface area contributed by atoms with Gasteiger partial charge in [-0.25, -0.2) is 4.98 Å². The Kier molecular flexibility index (Phi) is 4.75.